The highest BCUT2D eigenvalue weighted by Crippen LogP contribution is 2.60. The molecule has 0 bridgehead atoms. The van der Waals surface area contributed by atoms with Crippen LogP contribution < -0.4 is 0 Å². The second kappa shape index (κ2) is 6.05. The van der Waals surface area contributed by atoms with Gasteiger partial charge in [0.15, 0.2) is 5.78 Å². The minimum Gasteiger partial charge on any atom is -0.457 e. The molecule has 2 aliphatic carbocycles. The summed E-state index contributed by atoms with van der Waals surface area (Å²) in [5, 5.41) is 8.89. The molecule has 2 rings (SSSR count). The molecule has 0 aromatic heterocycles. The summed E-state index contributed by atoms with van der Waals surface area (Å²) in [4.78, 5) is 24.4. The number of carbonyl (C=O) groups excluding carboxylic acids is 2. The lowest BCUT2D eigenvalue weighted by atomic mass is 10.1. The third kappa shape index (κ3) is 3.08. The van der Waals surface area contributed by atoms with Crippen LogP contribution in [-0.2, 0) is 14.3 Å². The lowest BCUT2D eigenvalue weighted by Gasteiger charge is -2.13. The Hall–Kier alpha value is -2.33. The van der Waals surface area contributed by atoms with E-state index in [0.717, 1.165) is 5.57 Å². The number of ether oxygens (including phenoxy) is 1. The van der Waals surface area contributed by atoms with Crippen LogP contribution in [0, 0.1) is 40.9 Å². The van der Waals surface area contributed by atoms with Crippen LogP contribution in [0.5, 0.6) is 0 Å². The molecule has 0 aliphatic heterocycles. The van der Waals surface area contributed by atoms with Crippen molar-refractivity contribution >= 4 is 11.8 Å². The molecule has 3 unspecified atom stereocenters. The van der Waals surface area contributed by atoms with Crippen molar-refractivity contribution in [3.05, 3.63) is 22.8 Å². The van der Waals surface area contributed by atoms with E-state index in [9.17, 15) is 9.59 Å². The first-order valence-electron chi connectivity index (χ1n) is 7.69. The van der Waals surface area contributed by atoms with Crippen LogP contribution in [-0.4, -0.2) is 17.9 Å². The Morgan fingerprint density at radius 1 is 1.52 bits per heavy atom. The highest BCUT2D eigenvalue weighted by molar-refractivity contribution is 6.00. The van der Waals surface area contributed by atoms with Gasteiger partial charge in [0.25, 0.3) is 0 Å². The smallest absolute Gasteiger partial charge is 0.310 e. The Morgan fingerprint density at radius 2 is 2.17 bits per heavy atom. The van der Waals surface area contributed by atoms with Gasteiger partial charge in [-0.25, -0.2) is 0 Å². The average Bonchev–Trinajstić information content (AvgIpc) is 2.92. The molecule has 0 aromatic rings. The number of esters is 1. The summed E-state index contributed by atoms with van der Waals surface area (Å²) < 4.78 is 5.58. The Balaban J connectivity index is 2.09. The van der Waals surface area contributed by atoms with Gasteiger partial charge in [-0.15, -0.1) is 12.3 Å². The summed E-state index contributed by atoms with van der Waals surface area (Å²) in [5.41, 5.74) is 1.73. The van der Waals surface area contributed by atoms with Gasteiger partial charge in [-0.2, -0.15) is 5.26 Å². The van der Waals surface area contributed by atoms with Crippen LogP contribution >= 0.6 is 0 Å². The van der Waals surface area contributed by atoms with Crippen LogP contribution in [0.2, 0.25) is 0 Å². The maximum absolute atomic E-state index is 12.5. The molecule has 0 amide bonds. The number of Topliss-reactive ketones (excluding diaryl/α,β-unsaturated/α-hetero) is 1. The first kappa shape index (κ1) is 17.0. The molecule has 0 heterocycles. The number of hydrogen-bond donors (Lipinski definition) is 0. The van der Waals surface area contributed by atoms with E-state index in [1.54, 1.807) is 13.8 Å². The normalized spacial score (nSPS) is 29.0. The van der Waals surface area contributed by atoms with Gasteiger partial charge in [0.05, 0.1) is 18.4 Å². The number of hydrogen-bond acceptors (Lipinski definition) is 4. The van der Waals surface area contributed by atoms with E-state index in [-0.39, 0.29) is 41.8 Å². The average molecular weight is 311 g/mol. The van der Waals surface area contributed by atoms with Crippen molar-refractivity contribution in [1.29, 1.82) is 5.26 Å². The molecule has 0 saturated heterocycles. The van der Waals surface area contributed by atoms with Gasteiger partial charge in [0.2, 0.25) is 0 Å². The van der Waals surface area contributed by atoms with E-state index in [0.29, 0.717) is 11.1 Å². The minimum atomic E-state index is -0.503. The summed E-state index contributed by atoms with van der Waals surface area (Å²) in [5.74, 6) is 1.86. The largest absolute Gasteiger partial charge is 0.457 e. The van der Waals surface area contributed by atoms with Crippen molar-refractivity contribution in [2.24, 2.45) is 17.3 Å². The monoisotopic (exact) mass is 311 g/mol. The van der Waals surface area contributed by atoms with Gasteiger partial charge in [-0.3, -0.25) is 9.59 Å². The molecular weight excluding hydrogens is 290 g/mol. The van der Waals surface area contributed by atoms with Crippen molar-refractivity contribution in [3.63, 3.8) is 0 Å². The molecule has 1 saturated carbocycles. The van der Waals surface area contributed by atoms with E-state index >= 15 is 0 Å². The Kier molecular flexibility index (Phi) is 4.48. The van der Waals surface area contributed by atoms with E-state index in [2.05, 4.69) is 12.0 Å². The first-order chi connectivity index (χ1) is 10.7. The van der Waals surface area contributed by atoms with Gasteiger partial charge >= 0.3 is 5.97 Å². The number of terminal acetylenes is 1. The fraction of sp³-hybridized carbons (Fsp3) is 0.526. The summed E-state index contributed by atoms with van der Waals surface area (Å²) in [7, 11) is 0. The number of nitrogens with zero attached hydrogens (tertiary/aromatic N) is 1. The van der Waals surface area contributed by atoms with Crippen molar-refractivity contribution in [2.75, 3.05) is 0 Å². The molecule has 3 atom stereocenters. The summed E-state index contributed by atoms with van der Waals surface area (Å²) in [6.45, 7) is 7.49. The minimum absolute atomic E-state index is 0.00113. The number of carbonyl (C=O) groups is 2. The van der Waals surface area contributed by atoms with Crippen LogP contribution in [0.1, 0.15) is 40.5 Å². The van der Waals surface area contributed by atoms with E-state index in [1.807, 2.05) is 19.9 Å². The zero-order valence-corrected chi connectivity index (χ0v) is 14.0. The topological polar surface area (TPSA) is 67.2 Å². The number of allylic oxidation sites excluding steroid dienone is 3. The van der Waals surface area contributed by atoms with Gasteiger partial charge < -0.3 is 4.74 Å². The fourth-order valence-electron chi connectivity index (χ4n) is 3.29. The molecule has 2 aliphatic rings. The Morgan fingerprint density at radius 3 is 2.74 bits per heavy atom. The van der Waals surface area contributed by atoms with Crippen LogP contribution in [0.25, 0.3) is 0 Å². The van der Waals surface area contributed by atoms with E-state index in [4.69, 9.17) is 16.4 Å². The zero-order chi connectivity index (χ0) is 17.4. The van der Waals surface area contributed by atoms with Crippen LogP contribution in [0.4, 0.5) is 0 Å². The van der Waals surface area contributed by atoms with Crippen LogP contribution in [0.3, 0.4) is 0 Å². The SMILES string of the molecule is C#CCC1=C(C)C(OC(=O)C2C(C=C(C)C#N)C2(C)C)CC1=O. The maximum Gasteiger partial charge on any atom is 0.310 e. The second-order valence-corrected chi connectivity index (χ2v) is 6.88. The first-order valence-corrected chi connectivity index (χ1v) is 7.69. The van der Waals surface area contributed by atoms with Crippen molar-refractivity contribution in [1.82, 2.24) is 0 Å². The molecule has 4 nitrogen and oxygen atoms in total. The lowest BCUT2D eigenvalue weighted by molar-refractivity contribution is -0.150. The number of nitriles is 1. The molecule has 0 aromatic carbocycles. The van der Waals surface area contributed by atoms with Crippen molar-refractivity contribution < 1.29 is 14.3 Å². The fourth-order valence-corrected chi connectivity index (χ4v) is 3.29. The number of ketones is 1. The quantitative estimate of drug-likeness (QED) is 0.455. The highest BCUT2D eigenvalue weighted by Gasteiger charge is 2.62. The standard InChI is InChI=1S/C19H21NO3/c1-6-7-13-12(3)16(9-15(13)21)23-18(22)17-14(19(17,4)5)8-11(2)10-20/h1,8,14,16-17H,7,9H2,2-5H3. The van der Waals surface area contributed by atoms with Gasteiger partial charge in [-0.1, -0.05) is 19.9 Å². The van der Waals surface area contributed by atoms with Gasteiger partial charge in [0.1, 0.15) is 6.10 Å². The zero-order valence-electron chi connectivity index (χ0n) is 14.0. The number of rotatable bonds is 4. The van der Waals surface area contributed by atoms with E-state index in [1.165, 1.54) is 0 Å². The van der Waals surface area contributed by atoms with Crippen molar-refractivity contribution in [2.45, 2.75) is 46.6 Å². The molecule has 0 N–H and O–H groups in total. The summed E-state index contributed by atoms with van der Waals surface area (Å²) in [6.07, 6.45) is 7.06. The molecule has 1 fully saturated rings. The third-order valence-electron chi connectivity index (χ3n) is 4.97. The summed E-state index contributed by atoms with van der Waals surface area (Å²) in [6, 6.07) is 2.08. The van der Waals surface area contributed by atoms with Gasteiger partial charge in [0, 0.05) is 17.6 Å². The third-order valence-corrected chi connectivity index (χ3v) is 4.97. The molecule has 0 radical (unpaired) electrons. The molecule has 4 heteroatoms. The molecule has 23 heavy (non-hydrogen) atoms. The molecule has 0 spiro atoms. The Labute approximate surface area is 137 Å². The van der Waals surface area contributed by atoms with Crippen molar-refractivity contribution in [3.8, 4) is 18.4 Å². The van der Waals surface area contributed by atoms with Gasteiger partial charge in [-0.05, 0) is 30.8 Å². The maximum atomic E-state index is 12.5. The second-order valence-electron chi connectivity index (χ2n) is 6.88. The van der Waals surface area contributed by atoms with E-state index < -0.39 is 6.10 Å². The van der Waals surface area contributed by atoms with Crippen LogP contribution in [0.15, 0.2) is 22.8 Å². The predicted molar refractivity (Wildman–Crippen MR) is 85.8 cm³/mol. The predicted octanol–water partition coefficient (Wildman–Crippen LogP) is 2.95. The Bertz CT molecular complexity index is 697. The molecule has 120 valence electrons. The summed E-state index contributed by atoms with van der Waals surface area (Å²) >= 11 is 0. The lowest BCUT2D eigenvalue weighted by Crippen LogP contribution is -2.20. The highest BCUT2D eigenvalue weighted by atomic mass is 16.5. The molecular formula is C19H21NO3.